The summed E-state index contributed by atoms with van der Waals surface area (Å²) in [5, 5.41) is 28.3. The van der Waals surface area contributed by atoms with Crippen LogP contribution in [-0.2, 0) is 15.0 Å². The molecule has 160 valence electrons. The number of rotatable bonds is 7. The van der Waals surface area contributed by atoms with Crippen LogP contribution in [0.15, 0.2) is 84.2 Å². The third-order valence-corrected chi connectivity index (χ3v) is 5.31. The summed E-state index contributed by atoms with van der Waals surface area (Å²) in [6.07, 6.45) is 7.36. The maximum Gasteiger partial charge on any atom is 0.311 e. The van der Waals surface area contributed by atoms with Gasteiger partial charge in [-0.05, 0) is 54.0 Å². The third-order valence-electron chi connectivity index (χ3n) is 5.31. The van der Waals surface area contributed by atoms with E-state index in [9.17, 15) is 19.8 Å². The van der Waals surface area contributed by atoms with E-state index >= 15 is 0 Å². The highest BCUT2D eigenvalue weighted by molar-refractivity contribution is 5.78. The zero-order chi connectivity index (χ0) is 22.4. The van der Waals surface area contributed by atoms with Crippen LogP contribution in [0.5, 0.6) is 11.5 Å². The first-order chi connectivity index (χ1) is 14.8. The molecule has 2 aromatic carbocycles. The summed E-state index contributed by atoms with van der Waals surface area (Å²) in [6.45, 7) is 2.04. The SMILES string of the molecule is CC(C1=CC=C(O)CC=C1)(c1ccc(O)cc1)c1ccc(OC(=O)CCC(=O)O)cc1. The summed E-state index contributed by atoms with van der Waals surface area (Å²) in [5.74, 6) is -0.899. The maximum absolute atomic E-state index is 11.8. The number of hydrogen-bond acceptors (Lipinski definition) is 5. The molecule has 1 aliphatic rings. The highest BCUT2D eigenvalue weighted by atomic mass is 16.5. The van der Waals surface area contributed by atoms with Gasteiger partial charge in [-0.2, -0.15) is 0 Å². The number of carboxylic acid groups (broad SMARTS) is 1. The van der Waals surface area contributed by atoms with Crippen molar-refractivity contribution in [1.29, 1.82) is 0 Å². The molecule has 1 atom stereocenters. The van der Waals surface area contributed by atoms with Gasteiger partial charge in [-0.15, -0.1) is 0 Å². The topological polar surface area (TPSA) is 104 Å². The molecule has 3 rings (SSSR count). The second-order valence-electron chi connectivity index (χ2n) is 7.45. The number of ether oxygens (including phenoxy) is 1. The van der Waals surface area contributed by atoms with Crippen LogP contribution in [0, 0.1) is 0 Å². The monoisotopic (exact) mass is 420 g/mol. The fourth-order valence-electron chi connectivity index (χ4n) is 3.49. The minimum atomic E-state index is -1.05. The van der Waals surface area contributed by atoms with Crippen LogP contribution < -0.4 is 4.74 Å². The van der Waals surface area contributed by atoms with E-state index in [2.05, 4.69) is 0 Å². The Morgan fingerprint density at radius 2 is 1.55 bits per heavy atom. The van der Waals surface area contributed by atoms with Gasteiger partial charge in [0.15, 0.2) is 0 Å². The van der Waals surface area contributed by atoms with Crippen molar-refractivity contribution in [2.45, 2.75) is 31.6 Å². The molecule has 0 saturated heterocycles. The van der Waals surface area contributed by atoms with Gasteiger partial charge >= 0.3 is 11.9 Å². The summed E-state index contributed by atoms with van der Waals surface area (Å²) in [6, 6.07) is 14.0. The van der Waals surface area contributed by atoms with Crippen molar-refractivity contribution in [2.75, 3.05) is 0 Å². The van der Waals surface area contributed by atoms with Crippen molar-refractivity contribution in [1.82, 2.24) is 0 Å². The minimum absolute atomic E-state index is 0.164. The Labute approximate surface area is 180 Å². The van der Waals surface area contributed by atoms with Crippen LogP contribution in [0.1, 0.15) is 37.3 Å². The number of aliphatic carboxylic acids is 1. The largest absolute Gasteiger partial charge is 0.512 e. The average Bonchev–Trinajstić information content (AvgIpc) is 2.97. The molecule has 0 bridgehead atoms. The number of carbonyl (C=O) groups excluding carboxylic acids is 1. The molecule has 3 N–H and O–H groups in total. The fourth-order valence-corrected chi connectivity index (χ4v) is 3.49. The predicted octanol–water partition coefficient (Wildman–Crippen LogP) is 4.80. The molecule has 0 spiro atoms. The Balaban J connectivity index is 1.96. The fraction of sp³-hybridized carbons (Fsp3) is 0.200. The lowest BCUT2D eigenvalue weighted by Crippen LogP contribution is -2.25. The average molecular weight is 420 g/mol. The zero-order valence-corrected chi connectivity index (χ0v) is 17.1. The molecule has 0 saturated carbocycles. The summed E-state index contributed by atoms with van der Waals surface area (Å²) in [5.41, 5.74) is 2.17. The molecule has 6 heteroatoms. The first-order valence-electron chi connectivity index (χ1n) is 9.88. The van der Waals surface area contributed by atoms with E-state index in [0.29, 0.717) is 12.2 Å². The Hall–Kier alpha value is -3.80. The molecule has 31 heavy (non-hydrogen) atoms. The van der Waals surface area contributed by atoms with E-state index < -0.39 is 17.4 Å². The Morgan fingerprint density at radius 1 is 0.935 bits per heavy atom. The van der Waals surface area contributed by atoms with Crippen LogP contribution in [-0.4, -0.2) is 27.3 Å². The first kappa shape index (κ1) is 21.9. The van der Waals surface area contributed by atoms with Gasteiger partial charge in [-0.25, -0.2) is 0 Å². The highest BCUT2D eigenvalue weighted by Crippen LogP contribution is 2.41. The van der Waals surface area contributed by atoms with E-state index in [1.165, 1.54) is 0 Å². The highest BCUT2D eigenvalue weighted by Gasteiger charge is 2.32. The van der Waals surface area contributed by atoms with E-state index in [1.807, 2.05) is 49.4 Å². The number of phenols is 1. The number of benzene rings is 2. The second kappa shape index (κ2) is 9.34. The first-order valence-corrected chi connectivity index (χ1v) is 9.88. The smallest absolute Gasteiger partial charge is 0.311 e. The van der Waals surface area contributed by atoms with Crippen LogP contribution in [0.25, 0.3) is 0 Å². The number of carbonyl (C=O) groups is 2. The van der Waals surface area contributed by atoms with Gasteiger partial charge in [0.05, 0.1) is 18.6 Å². The lowest BCUT2D eigenvalue weighted by atomic mass is 9.70. The van der Waals surface area contributed by atoms with Gasteiger partial charge in [-0.1, -0.05) is 42.5 Å². The van der Waals surface area contributed by atoms with Gasteiger partial charge in [0, 0.05) is 11.8 Å². The van der Waals surface area contributed by atoms with Gasteiger partial charge in [0.25, 0.3) is 0 Å². The van der Waals surface area contributed by atoms with Gasteiger partial charge in [-0.3, -0.25) is 9.59 Å². The van der Waals surface area contributed by atoms with Crippen molar-refractivity contribution < 1.29 is 29.6 Å². The van der Waals surface area contributed by atoms with E-state index in [4.69, 9.17) is 9.84 Å². The lowest BCUT2D eigenvalue weighted by Gasteiger charge is -2.33. The van der Waals surface area contributed by atoms with Crippen molar-refractivity contribution in [2.24, 2.45) is 0 Å². The van der Waals surface area contributed by atoms with E-state index in [1.54, 1.807) is 30.3 Å². The van der Waals surface area contributed by atoms with Gasteiger partial charge in [0.2, 0.25) is 0 Å². The Morgan fingerprint density at radius 3 is 2.16 bits per heavy atom. The van der Waals surface area contributed by atoms with Crippen molar-refractivity contribution >= 4 is 11.9 Å². The number of hydrogen-bond donors (Lipinski definition) is 3. The zero-order valence-electron chi connectivity index (χ0n) is 17.1. The van der Waals surface area contributed by atoms with E-state index in [-0.39, 0.29) is 24.4 Å². The molecule has 2 aromatic rings. The third kappa shape index (κ3) is 5.22. The van der Waals surface area contributed by atoms with Gasteiger partial charge in [0.1, 0.15) is 11.5 Å². The normalized spacial score (nSPS) is 15.3. The molecule has 6 nitrogen and oxygen atoms in total. The predicted molar refractivity (Wildman–Crippen MR) is 116 cm³/mol. The molecular weight excluding hydrogens is 396 g/mol. The number of allylic oxidation sites excluding steroid dienone is 5. The summed E-state index contributed by atoms with van der Waals surface area (Å²) < 4.78 is 5.23. The number of esters is 1. The number of aromatic hydroxyl groups is 1. The molecular formula is C25H24O6. The standard InChI is InChI=1S/C25H24O6/c1-25(18-6-11-21(27)12-7-18,17-3-2-4-20(26)10-5-17)19-8-13-22(14-9-19)31-24(30)16-15-23(28)29/h2-3,5-14,26-27H,4,15-16H2,1H3,(H,28,29). The Bertz CT molecular complexity index is 1040. The molecule has 0 aromatic heterocycles. The number of aliphatic hydroxyl groups excluding tert-OH is 1. The number of phenolic OH excluding ortho intramolecular Hbond substituents is 1. The van der Waals surface area contributed by atoms with Crippen molar-refractivity contribution in [3.63, 3.8) is 0 Å². The summed E-state index contributed by atoms with van der Waals surface area (Å²) in [4.78, 5) is 22.4. The molecule has 0 amide bonds. The molecule has 0 heterocycles. The van der Waals surface area contributed by atoms with Crippen LogP contribution >= 0.6 is 0 Å². The van der Waals surface area contributed by atoms with Gasteiger partial charge < -0.3 is 20.1 Å². The second-order valence-corrected chi connectivity index (χ2v) is 7.45. The van der Waals surface area contributed by atoms with Crippen LogP contribution in [0.3, 0.4) is 0 Å². The van der Waals surface area contributed by atoms with Crippen LogP contribution in [0.4, 0.5) is 0 Å². The number of aliphatic hydroxyl groups is 1. The summed E-state index contributed by atoms with van der Waals surface area (Å²) >= 11 is 0. The maximum atomic E-state index is 11.8. The lowest BCUT2D eigenvalue weighted by molar-refractivity contribution is -0.142. The molecule has 1 unspecified atom stereocenters. The molecule has 0 radical (unpaired) electrons. The quantitative estimate of drug-likeness (QED) is 0.439. The van der Waals surface area contributed by atoms with Crippen molar-refractivity contribution in [3.05, 3.63) is 95.3 Å². The Kier molecular flexibility index (Phi) is 6.60. The summed E-state index contributed by atoms with van der Waals surface area (Å²) in [7, 11) is 0. The van der Waals surface area contributed by atoms with Crippen molar-refractivity contribution in [3.8, 4) is 11.5 Å². The van der Waals surface area contributed by atoms with Crippen LogP contribution in [0.2, 0.25) is 0 Å². The van der Waals surface area contributed by atoms with E-state index in [0.717, 1.165) is 16.7 Å². The number of carboxylic acids is 1. The molecule has 0 fully saturated rings. The minimum Gasteiger partial charge on any atom is -0.512 e. The molecule has 1 aliphatic carbocycles. The molecule has 0 aliphatic heterocycles.